The van der Waals surface area contributed by atoms with Gasteiger partial charge < -0.3 is 25.2 Å². The van der Waals surface area contributed by atoms with Gasteiger partial charge in [0.1, 0.15) is 12.7 Å². The Labute approximate surface area is 359 Å². The molecular formula is C47H86NO10P. The van der Waals surface area contributed by atoms with E-state index in [1.807, 2.05) is 0 Å². The van der Waals surface area contributed by atoms with Crippen LogP contribution in [0.3, 0.4) is 0 Å². The number of aliphatic hydroxyl groups is 1. The third-order valence-electron chi connectivity index (χ3n) is 10.2. The summed E-state index contributed by atoms with van der Waals surface area (Å²) in [6.07, 6.45) is 45.9. The molecule has 0 aliphatic carbocycles. The zero-order chi connectivity index (χ0) is 43.5. The van der Waals surface area contributed by atoms with Gasteiger partial charge in [-0.3, -0.25) is 18.6 Å². The van der Waals surface area contributed by atoms with Crippen molar-refractivity contribution in [2.75, 3.05) is 19.8 Å². The molecule has 0 aromatic carbocycles. The molecule has 0 saturated heterocycles. The zero-order valence-electron chi connectivity index (χ0n) is 37.3. The van der Waals surface area contributed by atoms with Crippen LogP contribution < -0.4 is 5.32 Å². The second-order valence-electron chi connectivity index (χ2n) is 15.9. The third kappa shape index (κ3) is 42.2. The van der Waals surface area contributed by atoms with Gasteiger partial charge in [0.15, 0.2) is 6.04 Å². The van der Waals surface area contributed by atoms with Crippen molar-refractivity contribution < 1.29 is 47.8 Å². The van der Waals surface area contributed by atoms with Crippen LogP contribution >= 0.6 is 7.82 Å². The topological polar surface area (TPSA) is 169 Å². The summed E-state index contributed by atoms with van der Waals surface area (Å²) >= 11 is 0. The molecule has 0 rings (SSSR count). The molecule has 0 fully saturated rings. The highest BCUT2D eigenvalue weighted by molar-refractivity contribution is 7.47. The van der Waals surface area contributed by atoms with Gasteiger partial charge in [-0.25, -0.2) is 9.36 Å². The van der Waals surface area contributed by atoms with Crippen LogP contribution in [0.15, 0.2) is 36.5 Å². The second-order valence-corrected chi connectivity index (χ2v) is 17.4. The lowest BCUT2D eigenvalue weighted by Gasteiger charge is -2.18. The Morgan fingerprint density at radius 2 is 0.983 bits per heavy atom. The summed E-state index contributed by atoms with van der Waals surface area (Å²) in [5, 5.41) is 21.9. The molecule has 3 atom stereocenters. The molecular weight excluding hydrogens is 769 g/mol. The van der Waals surface area contributed by atoms with Gasteiger partial charge in [-0.1, -0.05) is 192 Å². The van der Waals surface area contributed by atoms with Crippen LogP contribution in [-0.4, -0.2) is 64.9 Å². The monoisotopic (exact) mass is 856 g/mol. The van der Waals surface area contributed by atoms with E-state index >= 15 is 0 Å². The average molecular weight is 856 g/mol. The van der Waals surface area contributed by atoms with Crippen molar-refractivity contribution in [1.82, 2.24) is 5.32 Å². The molecule has 12 heteroatoms. The number of hydrogen-bond acceptors (Lipinski definition) is 8. The van der Waals surface area contributed by atoms with Gasteiger partial charge in [-0.15, -0.1) is 0 Å². The van der Waals surface area contributed by atoms with Gasteiger partial charge in [0.05, 0.1) is 13.2 Å². The second kappa shape index (κ2) is 42.4. The van der Waals surface area contributed by atoms with Crippen LogP contribution in [0.25, 0.3) is 0 Å². The van der Waals surface area contributed by atoms with Gasteiger partial charge >= 0.3 is 19.8 Å². The number of aliphatic hydroxyl groups excluding tert-OH is 1. The number of phosphoric acid groups is 1. The SMILES string of the molecule is CC/C=C\C/C=C\C/C=C\CCCCCCCCCC(=O)NC(COP(=O)(O)OCC(O)COC(=O)CCCCCCCCCCCCCCCCCCCC)C(=O)O. The normalized spacial score (nSPS) is 14.0. The van der Waals surface area contributed by atoms with Crippen molar-refractivity contribution in [3.63, 3.8) is 0 Å². The molecule has 0 aromatic rings. The number of carboxylic acids is 1. The molecule has 3 unspecified atom stereocenters. The van der Waals surface area contributed by atoms with Crippen molar-refractivity contribution in [1.29, 1.82) is 0 Å². The number of esters is 1. The van der Waals surface area contributed by atoms with Crippen molar-refractivity contribution >= 4 is 25.7 Å². The number of ether oxygens (including phenoxy) is 1. The van der Waals surface area contributed by atoms with E-state index in [-0.39, 0.29) is 12.8 Å². The number of carbonyl (C=O) groups is 3. The highest BCUT2D eigenvalue weighted by Gasteiger charge is 2.28. The van der Waals surface area contributed by atoms with Crippen molar-refractivity contribution in [2.24, 2.45) is 0 Å². The van der Waals surface area contributed by atoms with Gasteiger partial charge in [-0.05, 0) is 44.9 Å². The minimum absolute atomic E-state index is 0.135. The highest BCUT2D eigenvalue weighted by atomic mass is 31.2. The Bertz CT molecular complexity index is 1140. The summed E-state index contributed by atoms with van der Waals surface area (Å²) in [6.45, 7) is 2.50. The molecule has 11 nitrogen and oxygen atoms in total. The van der Waals surface area contributed by atoms with E-state index in [1.165, 1.54) is 89.9 Å². The molecule has 0 aliphatic rings. The Hall–Kier alpha value is -2.30. The number of carbonyl (C=O) groups excluding carboxylic acids is 2. The number of phosphoric ester groups is 1. The molecule has 59 heavy (non-hydrogen) atoms. The number of amides is 1. The Kier molecular flexibility index (Phi) is 40.7. The molecule has 344 valence electrons. The van der Waals surface area contributed by atoms with Crippen LogP contribution in [0.4, 0.5) is 0 Å². The fourth-order valence-corrected chi connectivity index (χ4v) is 7.34. The summed E-state index contributed by atoms with van der Waals surface area (Å²) in [4.78, 5) is 46.0. The van der Waals surface area contributed by atoms with Gasteiger partial charge in [0.2, 0.25) is 5.91 Å². The number of carboxylic acid groups (broad SMARTS) is 1. The van der Waals surface area contributed by atoms with E-state index in [1.54, 1.807) is 0 Å². The fraction of sp³-hybridized carbons (Fsp3) is 0.809. The Morgan fingerprint density at radius 3 is 1.47 bits per heavy atom. The van der Waals surface area contributed by atoms with E-state index in [0.717, 1.165) is 83.5 Å². The van der Waals surface area contributed by atoms with E-state index < -0.39 is 57.6 Å². The number of aliphatic carboxylic acids is 1. The first kappa shape index (κ1) is 56.7. The first-order valence-corrected chi connectivity index (χ1v) is 25.0. The maximum Gasteiger partial charge on any atom is 0.472 e. The van der Waals surface area contributed by atoms with E-state index in [9.17, 15) is 34.1 Å². The maximum absolute atomic E-state index is 12.3. The molecule has 0 heterocycles. The van der Waals surface area contributed by atoms with Crippen LogP contribution in [0.1, 0.15) is 213 Å². The zero-order valence-corrected chi connectivity index (χ0v) is 38.2. The minimum Gasteiger partial charge on any atom is -0.480 e. The predicted molar refractivity (Wildman–Crippen MR) is 240 cm³/mol. The Morgan fingerprint density at radius 1 is 0.559 bits per heavy atom. The molecule has 0 aliphatic heterocycles. The van der Waals surface area contributed by atoms with E-state index in [0.29, 0.717) is 12.8 Å². The number of rotatable bonds is 44. The van der Waals surface area contributed by atoms with Crippen LogP contribution in [0, 0.1) is 0 Å². The van der Waals surface area contributed by atoms with Crippen molar-refractivity contribution in [3.8, 4) is 0 Å². The van der Waals surface area contributed by atoms with Gasteiger partial charge in [0.25, 0.3) is 0 Å². The molecule has 0 spiro atoms. The Balaban J connectivity index is 3.86. The molecule has 0 saturated carbocycles. The summed E-state index contributed by atoms with van der Waals surface area (Å²) in [6, 6.07) is -1.55. The van der Waals surface area contributed by atoms with Gasteiger partial charge in [0, 0.05) is 12.8 Å². The lowest BCUT2D eigenvalue weighted by atomic mass is 10.0. The highest BCUT2D eigenvalue weighted by Crippen LogP contribution is 2.43. The molecule has 1 amide bonds. The van der Waals surface area contributed by atoms with E-state index in [2.05, 4.69) is 55.6 Å². The maximum atomic E-state index is 12.3. The van der Waals surface area contributed by atoms with E-state index in [4.69, 9.17) is 13.8 Å². The van der Waals surface area contributed by atoms with Crippen LogP contribution in [0.2, 0.25) is 0 Å². The number of unbranched alkanes of at least 4 members (excludes halogenated alkanes) is 24. The fourth-order valence-electron chi connectivity index (χ4n) is 6.57. The number of allylic oxidation sites excluding steroid dienone is 6. The minimum atomic E-state index is -4.76. The smallest absolute Gasteiger partial charge is 0.472 e. The van der Waals surface area contributed by atoms with Crippen LogP contribution in [0.5, 0.6) is 0 Å². The summed E-state index contributed by atoms with van der Waals surface area (Å²) in [5.41, 5.74) is 0. The molecule has 4 N–H and O–H groups in total. The van der Waals surface area contributed by atoms with Crippen molar-refractivity contribution in [3.05, 3.63) is 36.5 Å². The average Bonchev–Trinajstić information content (AvgIpc) is 3.21. The third-order valence-corrected chi connectivity index (χ3v) is 11.1. The summed E-state index contributed by atoms with van der Waals surface area (Å²) in [7, 11) is -4.76. The largest absolute Gasteiger partial charge is 0.480 e. The summed E-state index contributed by atoms with van der Waals surface area (Å²) < 4.78 is 26.9. The standard InChI is InChI=1S/C47H86NO10P/c1-3-5-7-9-11-13-15-17-19-21-23-25-27-29-31-33-35-37-39-46(51)56-40-43(49)41-57-59(54,55)58-42-44(47(52)53)48-45(50)38-36-34-32-30-28-26-24-22-20-18-16-14-12-10-8-6-4-2/h6,8,12,14,18,20,43-44,49H,3-5,7,9-11,13,15-17,19,21-42H2,1-2H3,(H,48,50)(H,52,53)(H,54,55)/b8-6-,14-12-,20-18-. The van der Waals surface area contributed by atoms with Crippen LogP contribution in [-0.2, 0) is 32.7 Å². The van der Waals surface area contributed by atoms with Crippen molar-refractivity contribution in [2.45, 2.75) is 225 Å². The quantitative estimate of drug-likeness (QED) is 0.0200. The van der Waals surface area contributed by atoms with Gasteiger partial charge in [-0.2, -0.15) is 0 Å². The molecule has 0 aromatic heterocycles. The predicted octanol–water partition coefficient (Wildman–Crippen LogP) is 12.4. The lowest BCUT2D eigenvalue weighted by Crippen LogP contribution is -2.43. The summed E-state index contributed by atoms with van der Waals surface area (Å²) in [5.74, 6) is -2.38. The number of nitrogens with one attached hydrogen (secondary N) is 1. The lowest BCUT2D eigenvalue weighted by molar-refractivity contribution is -0.147. The first-order chi connectivity index (χ1) is 28.6. The molecule has 0 radical (unpaired) electrons. The molecule has 0 bridgehead atoms. The first-order valence-electron chi connectivity index (χ1n) is 23.5. The number of hydrogen-bond donors (Lipinski definition) is 4.